The smallest absolute Gasteiger partial charge is 0.301 e. The molecule has 0 unspecified atom stereocenters. The summed E-state index contributed by atoms with van der Waals surface area (Å²) in [4.78, 5) is 31.1. The topological polar surface area (TPSA) is 106 Å². The number of hydrogen-bond acceptors (Lipinski definition) is 7. The maximum atomic E-state index is 12.9. The molecule has 1 saturated heterocycles. The van der Waals surface area contributed by atoms with E-state index in [9.17, 15) is 14.7 Å². The third-order valence-corrected chi connectivity index (χ3v) is 4.67. The standard InChI is InChI=1S/C21H17N3O5/c1-12-10-16(23-29-12)24-18(14-4-3-9-22-11-14)17(20(26)21(24)27)19(25)13-5-7-15(28-2)8-6-13/h3-11,18,25H,1-2H3/b19-17+/t18-/m0/s1. The van der Waals surface area contributed by atoms with Crippen LogP contribution in [0.5, 0.6) is 5.75 Å². The Morgan fingerprint density at radius 2 is 1.97 bits per heavy atom. The van der Waals surface area contributed by atoms with Gasteiger partial charge in [0.15, 0.2) is 5.82 Å². The van der Waals surface area contributed by atoms with Crippen LogP contribution in [0.2, 0.25) is 0 Å². The molecule has 0 spiro atoms. The van der Waals surface area contributed by atoms with Gasteiger partial charge in [0.05, 0.1) is 18.7 Å². The average Bonchev–Trinajstić information content (AvgIpc) is 3.29. The lowest BCUT2D eigenvalue weighted by Crippen LogP contribution is -2.29. The molecule has 1 N–H and O–H groups in total. The molecule has 1 atom stereocenters. The maximum Gasteiger partial charge on any atom is 0.301 e. The molecule has 0 bridgehead atoms. The van der Waals surface area contributed by atoms with Crippen molar-refractivity contribution in [1.29, 1.82) is 0 Å². The first-order chi connectivity index (χ1) is 14.0. The number of aliphatic hydroxyl groups excluding tert-OH is 1. The Morgan fingerprint density at radius 1 is 1.21 bits per heavy atom. The first-order valence-corrected chi connectivity index (χ1v) is 8.80. The summed E-state index contributed by atoms with van der Waals surface area (Å²) < 4.78 is 10.2. The number of carbonyl (C=O) groups is 2. The highest BCUT2D eigenvalue weighted by Gasteiger charge is 2.48. The summed E-state index contributed by atoms with van der Waals surface area (Å²) in [6.45, 7) is 1.68. The van der Waals surface area contributed by atoms with Crippen LogP contribution in [-0.2, 0) is 9.59 Å². The van der Waals surface area contributed by atoms with Gasteiger partial charge in [0.25, 0.3) is 5.78 Å². The first-order valence-electron chi connectivity index (χ1n) is 8.80. The highest BCUT2D eigenvalue weighted by atomic mass is 16.5. The summed E-state index contributed by atoms with van der Waals surface area (Å²) in [5.74, 6) is -0.629. The lowest BCUT2D eigenvalue weighted by atomic mass is 9.96. The fourth-order valence-electron chi connectivity index (χ4n) is 3.29. The lowest BCUT2D eigenvalue weighted by molar-refractivity contribution is -0.132. The second-order valence-corrected chi connectivity index (χ2v) is 6.48. The van der Waals surface area contributed by atoms with Crippen LogP contribution in [0, 0.1) is 6.92 Å². The highest BCUT2D eigenvalue weighted by Crippen LogP contribution is 2.41. The number of methoxy groups -OCH3 is 1. The minimum Gasteiger partial charge on any atom is -0.507 e. The van der Waals surface area contributed by atoms with E-state index in [2.05, 4.69) is 10.1 Å². The molecule has 1 aliphatic heterocycles. The van der Waals surface area contributed by atoms with Gasteiger partial charge in [0, 0.05) is 24.0 Å². The number of hydrogen-bond donors (Lipinski definition) is 1. The number of aryl methyl sites for hydroxylation is 1. The number of amides is 1. The molecule has 1 fully saturated rings. The Balaban J connectivity index is 1.90. The van der Waals surface area contributed by atoms with Crippen LogP contribution >= 0.6 is 0 Å². The quantitative estimate of drug-likeness (QED) is 0.414. The van der Waals surface area contributed by atoms with Gasteiger partial charge in [-0.15, -0.1) is 0 Å². The van der Waals surface area contributed by atoms with E-state index in [0.29, 0.717) is 22.6 Å². The van der Waals surface area contributed by atoms with Crippen LogP contribution in [-0.4, -0.2) is 34.0 Å². The number of pyridine rings is 1. The third-order valence-electron chi connectivity index (χ3n) is 4.67. The van der Waals surface area contributed by atoms with Crippen molar-refractivity contribution in [2.75, 3.05) is 12.0 Å². The van der Waals surface area contributed by atoms with Crippen LogP contribution in [0.25, 0.3) is 5.76 Å². The van der Waals surface area contributed by atoms with Gasteiger partial charge in [-0.3, -0.25) is 19.5 Å². The van der Waals surface area contributed by atoms with E-state index in [1.807, 2.05) is 0 Å². The van der Waals surface area contributed by atoms with Gasteiger partial charge in [-0.1, -0.05) is 11.2 Å². The van der Waals surface area contributed by atoms with Gasteiger partial charge >= 0.3 is 5.91 Å². The van der Waals surface area contributed by atoms with E-state index in [1.165, 1.54) is 18.2 Å². The Bertz CT molecular complexity index is 1100. The number of anilines is 1. The molecule has 146 valence electrons. The van der Waals surface area contributed by atoms with Gasteiger partial charge < -0.3 is 14.4 Å². The van der Waals surface area contributed by atoms with Crippen molar-refractivity contribution in [2.24, 2.45) is 0 Å². The van der Waals surface area contributed by atoms with E-state index in [0.717, 1.165) is 0 Å². The SMILES string of the molecule is COc1ccc(/C(O)=C2\C(=O)C(=O)N(c3cc(C)on3)[C@H]2c2cccnc2)cc1. The zero-order valence-corrected chi connectivity index (χ0v) is 15.7. The van der Waals surface area contributed by atoms with Crippen LogP contribution in [0.15, 0.2) is 65.0 Å². The Morgan fingerprint density at radius 3 is 2.55 bits per heavy atom. The van der Waals surface area contributed by atoms with E-state index in [1.54, 1.807) is 55.6 Å². The average molecular weight is 391 g/mol. The van der Waals surface area contributed by atoms with Crippen molar-refractivity contribution in [3.05, 3.63) is 77.3 Å². The first kappa shape index (κ1) is 18.4. The summed E-state index contributed by atoms with van der Waals surface area (Å²) in [6, 6.07) is 10.6. The van der Waals surface area contributed by atoms with Crippen LogP contribution in [0.4, 0.5) is 5.82 Å². The zero-order chi connectivity index (χ0) is 20.5. The lowest BCUT2D eigenvalue weighted by Gasteiger charge is -2.22. The fourth-order valence-corrected chi connectivity index (χ4v) is 3.29. The molecule has 8 nitrogen and oxygen atoms in total. The summed E-state index contributed by atoms with van der Waals surface area (Å²) in [6.07, 6.45) is 3.12. The second-order valence-electron chi connectivity index (χ2n) is 6.48. The normalized spacial score (nSPS) is 18.3. The molecule has 3 aromatic rings. The fraction of sp³-hybridized carbons (Fsp3) is 0.143. The van der Waals surface area contributed by atoms with Crippen molar-refractivity contribution in [2.45, 2.75) is 13.0 Å². The Hall–Kier alpha value is -3.94. The van der Waals surface area contributed by atoms with Crippen LogP contribution in [0.3, 0.4) is 0 Å². The summed E-state index contributed by atoms with van der Waals surface area (Å²) in [5.41, 5.74) is 0.894. The van der Waals surface area contributed by atoms with Crippen molar-refractivity contribution < 1.29 is 24.0 Å². The molecule has 0 aliphatic carbocycles. The number of carbonyl (C=O) groups excluding carboxylic acids is 2. The number of Topliss-reactive ketones (excluding diaryl/α,β-unsaturated/α-hetero) is 1. The van der Waals surface area contributed by atoms with Crippen molar-refractivity contribution in [3.63, 3.8) is 0 Å². The molecule has 1 aromatic carbocycles. The molecule has 3 heterocycles. The number of aromatic nitrogens is 2. The van der Waals surface area contributed by atoms with Crippen LogP contribution < -0.4 is 9.64 Å². The van der Waals surface area contributed by atoms with Crippen LogP contribution in [0.1, 0.15) is 22.9 Å². The Labute approximate surface area is 166 Å². The number of aliphatic hydroxyl groups is 1. The maximum absolute atomic E-state index is 12.9. The molecule has 2 aromatic heterocycles. The molecule has 1 amide bonds. The summed E-state index contributed by atoms with van der Waals surface area (Å²) >= 11 is 0. The molecular formula is C21H17N3O5. The molecular weight excluding hydrogens is 374 g/mol. The minimum absolute atomic E-state index is 0.0474. The van der Waals surface area contributed by atoms with E-state index >= 15 is 0 Å². The van der Waals surface area contributed by atoms with E-state index < -0.39 is 17.7 Å². The van der Waals surface area contributed by atoms with E-state index in [4.69, 9.17) is 9.26 Å². The van der Waals surface area contributed by atoms with Gasteiger partial charge in [-0.05, 0) is 42.8 Å². The van der Waals surface area contributed by atoms with Crippen molar-refractivity contribution in [1.82, 2.24) is 10.1 Å². The zero-order valence-electron chi connectivity index (χ0n) is 15.7. The monoisotopic (exact) mass is 391 g/mol. The number of benzene rings is 1. The molecule has 1 aliphatic rings. The summed E-state index contributed by atoms with van der Waals surface area (Å²) in [7, 11) is 1.53. The van der Waals surface area contributed by atoms with Crippen molar-refractivity contribution >= 4 is 23.3 Å². The van der Waals surface area contributed by atoms with E-state index in [-0.39, 0.29) is 17.2 Å². The third kappa shape index (κ3) is 3.14. The van der Waals surface area contributed by atoms with Gasteiger partial charge in [0.2, 0.25) is 0 Å². The molecule has 29 heavy (non-hydrogen) atoms. The number of ketones is 1. The molecule has 0 saturated carbocycles. The van der Waals surface area contributed by atoms with Crippen molar-refractivity contribution in [3.8, 4) is 5.75 Å². The predicted molar refractivity (Wildman–Crippen MR) is 103 cm³/mol. The summed E-state index contributed by atoms with van der Waals surface area (Å²) in [5, 5.41) is 14.8. The van der Waals surface area contributed by atoms with Gasteiger partial charge in [-0.25, -0.2) is 0 Å². The number of ether oxygens (including phenoxy) is 1. The van der Waals surface area contributed by atoms with Gasteiger partial charge in [-0.2, -0.15) is 0 Å². The minimum atomic E-state index is -0.893. The Kier molecular flexibility index (Phi) is 4.59. The predicted octanol–water partition coefficient (Wildman–Crippen LogP) is 3.01. The number of rotatable bonds is 4. The number of nitrogens with zero attached hydrogens (tertiary/aromatic N) is 3. The van der Waals surface area contributed by atoms with Gasteiger partial charge in [0.1, 0.15) is 17.3 Å². The molecule has 0 radical (unpaired) electrons. The largest absolute Gasteiger partial charge is 0.507 e. The molecule has 4 rings (SSSR count). The highest BCUT2D eigenvalue weighted by molar-refractivity contribution is 6.51. The molecule has 8 heteroatoms. The second kappa shape index (κ2) is 7.23.